The molecular weight excluding hydrogens is 508 g/mol. The fraction of sp³-hybridized carbons (Fsp3) is 0.385. The highest BCUT2D eigenvalue weighted by atomic mass is 19.4. The summed E-state index contributed by atoms with van der Waals surface area (Å²) in [5, 5.41) is 12.8. The number of aliphatic hydroxyl groups is 1. The van der Waals surface area contributed by atoms with E-state index >= 15 is 0 Å². The standard InChI is InChI=1S/C26H28F4N4O4/c27-20-4-6-22(7-5-20)37-16-21(35)14-33-8-10-34(11-9-33)15-24-32-23(17-38-24)25(36)31-13-18-2-1-3-19(12-18)26(28,29)30/h1-7,12,17,21,35H,8-11,13-16H2,(H,31,36)/t21-/m1/s1. The Labute approximate surface area is 216 Å². The van der Waals surface area contributed by atoms with Crippen molar-refractivity contribution in [1.29, 1.82) is 0 Å². The summed E-state index contributed by atoms with van der Waals surface area (Å²) in [6.07, 6.45) is -3.92. The molecule has 38 heavy (non-hydrogen) atoms. The molecule has 0 aliphatic carbocycles. The molecule has 1 aliphatic rings. The second-order valence-electron chi connectivity index (χ2n) is 9.00. The van der Waals surface area contributed by atoms with Gasteiger partial charge >= 0.3 is 6.18 Å². The third-order valence-corrected chi connectivity index (χ3v) is 6.04. The molecule has 1 amide bonds. The quantitative estimate of drug-likeness (QED) is 0.384. The first-order valence-corrected chi connectivity index (χ1v) is 12.1. The average molecular weight is 537 g/mol. The minimum atomic E-state index is -4.45. The predicted octanol–water partition coefficient (Wildman–Crippen LogP) is 3.32. The summed E-state index contributed by atoms with van der Waals surface area (Å²) in [6.45, 7) is 3.66. The van der Waals surface area contributed by atoms with Crippen molar-refractivity contribution in [2.45, 2.75) is 25.4 Å². The number of nitrogens with zero attached hydrogens (tertiary/aromatic N) is 3. The molecule has 3 aromatic rings. The molecule has 1 atom stereocenters. The number of carbonyl (C=O) groups excluding carboxylic acids is 1. The van der Waals surface area contributed by atoms with Gasteiger partial charge in [0.25, 0.3) is 5.91 Å². The zero-order chi connectivity index (χ0) is 27.1. The molecular formula is C26H28F4N4O4. The SMILES string of the molecule is O=C(NCc1cccc(C(F)(F)F)c1)c1coc(CN2CCN(C[C@@H](O)COc3ccc(F)cc3)CC2)n1. The van der Waals surface area contributed by atoms with Crippen LogP contribution in [0.25, 0.3) is 0 Å². The van der Waals surface area contributed by atoms with Crippen LogP contribution in [-0.4, -0.2) is 71.2 Å². The molecule has 2 N–H and O–H groups in total. The molecule has 0 spiro atoms. The number of amides is 1. The zero-order valence-corrected chi connectivity index (χ0v) is 20.5. The van der Waals surface area contributed by atoms with Crippen LogP contribution in [0.2, 0.25) is 0 Å². The molecule has 0 radical (unpaired) electrons. The smallest absolute Gasteiger partial charge is 0.416 e. The molecule has 1 aromatic heterocycles. The van der Waals surface area contributed by atoms with Crippen LogP contribution >= 0.6 is 0 Å². The average Bonchev–Trinajstić information content (AvgIpc) is 3.36. The van der Waals surface area contributed by atoms with E-state index in [4.69, 9.17) is 9.15 Å². The Bertz CT molecular complexity index is 1190. The van der Waals surface area contributed by atoms with Crippen LogP contribution in [-0.2, 0) is 19.3 Å². The Morgan fingerprint density at radius 1 is 1.11 bits per heavy atom. The summed E-state index contributed by atoms with van der Waals surface area (Å²) in [5.41, 5.74) is -0.405. The van der Waals surface area contributed by atoms with Crippen LogP contribution in [0.1, 0.15) is 27.5 Å². The van der Waals surface area contributed by atoms with Crippen molar-refractivity contribution in [3.63, 3.8) is 0 Å². The van der Waals surface area contributed by atoms with Gasteiger partial charge in [0, 0.05) is 39.3 Å². The number of aliphatic hydroxyl groups excluding tert-OH is 1. The van der Waals surface area contributed by atoms with Gasteiger partial charge in [-0.15, -0.1) is 0 Å². The lowest BCUT2D eigenvalue weighted by Crippen LogP contribution is -2.48. The number of ether oxygens (including phenoxy) is 1. The number of piperazine rings is 1. The minimum absolute atomic E-state index is 0.0508. The molecule has 8 nitrogen and oxygen atoms in total. The number of halogens is 4. The molecule has 2 heterocycles. The fourth-order valence-corrected chi connectivity index (χ4v) is 4.01. The van der Waals surface area contributed by atoms with Crippen molar-refractivity contribution in [3.8, 4) is 5.75 Å². The van der Waals surface area contributed by atoms with E-state index in [2.05, 4.69) is 20.1 Å². The number of carbonyl (C=O) groups is 1. The Kier molecular flexibility index (Phi) is 8.97. The minimum Gasteiger partial charge on any atom is -0.491 e. The van der Waals surface area contributed by atoms with E-state index < -0.39 is 23.8 Å². The van der Waals surface area contributed by atoms with Crippen LogP contribution in [0.5, 0.6) is 5.75 Å². The topological polar surface area (TPSA) is 91.1 Å². The molecule has 1 fully saturated rings. The van der Waals surface area contributed by atoms with E-state index in [1.54, 1.807) is 0 Å². The third-order valence-electron chi connectivity index (χ3n) is 6.04. The number of hydrogen-bond acceptors (Lipinski definition) is 7. The first-order valence-electron chi connectivity index (χ1n) is 12.1. The second-order valence-corrected chi connectivity index (χ2v) is 9.00. The van der Waals surface area contributed by atoms with E-state index in [0.29, 0.717) is 56.5 Å². The van der Waals surface area contributed by atoms with Crippen LogP contribution in [0.3, 0.4) is 0 Å². The van der Waals surface area contributed by atoms with Crippen molar-refractivity contribution in [3.05, 3.63) is 83.3 Å². The lowest BCUT2D eigenvalue weighted by molar-refractivity contribution is -0.137. The fourth-order valence-electron chi connectivity index (χ4n) is 4.01. The molecule has 0 unspecified atom stereocenters. The van der Waals surface area contributed by atoms with Gasteiger partial charge in [0.2, 0.25) is 5.89 Å². The highest BCUT2D eigenvalue weighted by molar-refractivity contribution is 5.91. The third kappa shape index (κ3) is 8.01. The van der Waals surface area contributed by atoms with Gasteiger partial charge in [-0.05, 0) is 42.0 Å². The van der Waals surface area contributed by atoms with E-state index in [0.717, 1.165) is 12.1 Å². The number of oxazole rings is 1. The van der Waals surface area contributed by atoms with Gasteiger partial charge in [0.1, 0.15) is 30.5 Å². The first kappa shape index (κ1) is 27.6. The van der Waals surface area contributed by atoms with Crippen LogP contribution < -0.4 is 10.1 Å². The number of nitrogens with one attached hydrogen (secondary N) is 1. The van der Waals surface area contributed by atoms with Gasteiger partial charge < -0.3 is 19.6 Å². The van der Waals surface area contributed by atoms with Gasteiger partial charge in [-0.3, -0.25) is 14.6 Å². The summed E-state index contributed by atoms with van der Waals surface area (Å²) in [6, 6.07) is 10.4. The summed E-state index contributed by atoms with van der Waals surface area (Å²) < 4.78 is 62.5. The van der Waals surface area contributed by atoms with Crippen molar-refractivity contribution in [1.82, 2.24) is 20.1 Å². The zero-order valence-electron chi connectivity index (χ0n) is 20.5. The Hall–Kier alpha value is -3.48. The van der Waals surface area contributed by atoms with Gasteiger partial charge in [0.15, 0.2) is 5.69 Å². The van der Waals surface area contributed by atoms with Crippen LogP contribution in [0, 0.1) is 5.82 Å². The Balaban J connectivity index is 1.17. The van der Waals surface area contributed by atoms with Crippen molar-refractivity contribution in [2.75, 3.05) is 39.3 Å². The van der Waals surface area contributed by atoms with E-state index in [-0.39, 0.29) is 24.7 Å². The van der Waals surface area contributed by atoms with Crippen molar-refractivity contribution < 1.29 is 36.6 Å². The summed E-state index contributed by atoms with van der Waals surface area (Å²) in [5.74, 6) is -0.0477. The number of benzene rings is 2. The molecule has 0 saturated carbocycles. The van der Waals surface area contributed by atoms with Gasteiger partial charge in [-0.2, -0.15) is 13.2 Å². The number of aromatic nitrogens is 1. The Morgan fingerprint density at radius 3 is 2.53 bits per heavy atom. The largest absolute Gasteiger partial charge is 0.491 e. The summed E-state index contributed by atoms with van der Waals surface area (Å²) >= 11 is 0. The molecule has 0 bridgehead atoms. The number of rotatable bonds is 10. The maximum atomic E-state index is 13.0. The number of alkyl halides is 3. The molecule has 12 heteroatoms. The molecule has 4 rings (SSSR count). The molecule has 2 aromatic carbocycles. The van der Waals surface area contributed by atoms with E-state index in [1.165, 1.54) is 42.7 Å². The second kappa shape index (κ2) is 12.4. The maximum Gasteiger partial charge on any atom is 0.416 e. The normalized spacial score (nSPS) is 15.8. The van der Waals surface area contributed by atoms with Crippen molar-refractivity contribution >= 4 is 5.91 Å². The lowest BCUT2D eigenvalue weighted by Gasteiger charge is -2.34. The maximum absolute atomic E-state index is 13.0. The summed E-state index contributed by atoms with van der Waals surface area (Å²) in [7, 11) is 0. The Morgan fingerprint density at radius 2 is 1.82 bits per heavy atom. The summed E-state index contributed by atoms with van der Waals surface area (Å²) in [4.78, 5) is 20.8. The first-order chi connectivity index (χ1) is 18.2. The lowest BCUT2D eigenvalue weighted by atomic mass is 10.1. The van der Waals surface area contributed by atoms with Gasteiger partial charge in [-0.1, -0.05) is 12.1 Å². The van der Waals surface area contributed by atoms with Crippen LogP contribution in [0.4, 0.5) is 17.6 Å². The van der Waals surface area contributed by atoms with E-state index in [9.17, 15) is 27.5 Å². The number of β-amino-alcohol motifs (C(OH)–C–C–N with tert-alkyl or cyclic N) is 1. The highest BCUT2D eigenvalue weighted by Gasteiger charge is 2.30. The molecule has 1 aliphatic heterocycles. The highest BCUT2D eigenvalue weighted by Crippen LogP contribution is 2.29. The van der Waals surface area contributed by atoms with Crippen LogP contribution in [0.15, 0.2) is 59.2 Å². The number of hydrogen-bond donors (Lipinski definition) is 2. The van der Waals surface area contributed by atoms with E-state index in [1.807, 2.05) is 0 Å². The molecule has 204 valence electrons. The molecule has 1 saturated heterocycles. The van der Waals surface area contributed by atoms with Gasteiger partial charge in [0.05, 0.1) is 12.1 Å². The van der Waals surface area contributed by atoms with Crippen molar-refractivity contribution in [2.24, 2.45) is 0 Å². The monoisotopic (exact) mass is 536 g/mol. The van der Waals surface area contributed by atoms with Gasteiger partial charge in [-0.25, -0.2) is 9.37 Å². The predicted molar refractivity (Wildman–Crippen MR) is 129 cm³/mol.